The first kappa shape index (κ1) is 20.5. The smallest absolute Gasteiger partial charge is 0.257 e. The average molecular weight is 438 g/mol. The van der Waals surface area contributed by atoms with Crippen LogP contribution >= 0.6 is 11.6 Å². The van der Waals surface area contributed by atoms with Crippen molar-refractivity contribution >= 4 is 40.2 Å². The summed E-state index contributed by atoms with van der Waals surface area (Å²) in [6.07, 6.45) is 2.35. The largest absolute Gasteiger partial charge is 0.355 e. The number of amides is 1. The van der Waals surface area contributed by atoms with Crippen LogP contribution in [0.2, 0.25) is 5.02 Å². The first-order valence-electron chi connectivity index (χ1n) is 9.52. The second-order valence-electron chi connectivity index (χ2n) is 7.09. The van der Waals surface area contributed by atoms with Gasteiger partial charge in [0.25, 0.3) is 5.91 Å². The van der Waals surface area contributed by atoms with Gasteiger partial charge in [0.15, 0.2) is 11.6 Å². The van der Waals surface area contributed by atoms with Gasteiger partial charge < -0.3 is 20.5 Å². The van der Waals surface area contributed by atoms with Crippen molar-refractivity contribution in [2.24, 2.45) is 0 Å². The number of likely N-dealkylation sites (tertiary alicyclic amines) is 1. The number of nitrogens with zero attached hydrogens (tertiary/aromatic N) is 2. The van der Waals surface area contributed by atoms with Crippen LogP contribution in [0, 0.1) is 17.5 Å². The van der Waals surface area contributed by atoms with Crippen LogP contribution in [-0.2, 0) is 0 Å². The molecule has 2 heterocycles. The Morgan fingerprint density at radius 2 is 1.93 bits per heavy atom. The molecule has 1 saturated heterocycles. The first-order valence-corrected chi connectivity index (χ1v) is 9.90. The Hall–Kier alpha value is -2.78. The van der Waals surface area contributed by atoms with Crippen molar-refractivity contribution in [3.63, 3.8) is 0 Å². The number of aromatic nitrogens is 2. The Bertz CT molecular complexity index is 1100. The lowest BCUT2D eigenvalue weighted by molar-refractivity contribution is 0.102. The topological polar surface area (TPSA) is 73.1 Å². The molecule has 0 spiro atoms. The Kier molecular flexibility index (Phi) is 5.83. The molecule has 4 rings (SSSR count). The molecule has 0 saturated carbocycles. The van der Waals surface area contributed by atoms with Gasteiger partial charge in [-0.3, -0.25) is 4.79 Å². The molecule has 1 amide bonds. The molecular weight excluding hydrogens is 419 g/mol. The van der Waals surface area contributed by atoms with E-state index in [2.05, 4.69) is 25.5 Å². The Labute approximate surface area is 175 Å². The number of halogens is 4. The van der Waals surface area contributed by atoms with Gasteiger partial charge in [-0.05, 0) is 50.2 Å². The van der Waals surface area contributed by atoms with E-state index < -0.39 is 23.4 Å². The van der Waals surface area contributed by atoms with Gasteiger partial charge in [0.05, 0.1) is 16.1 Å². The van der Waals surface area contributed by atoms with Gasteiger partial charge in [0.2, 0.25) is 5.95 Å². The van der Waals surface area contributed by atoms with Crippen molar-refractivity contribution in [3.05, 3.63) is 52.3 Å². The summed E-state index contributed by atoms with van der Waals surface area (Å²) in [6.45, 7) is 3.45. The maximum Gasteiger partial charge on any atom is 0.257 e. The van der Waals surface area contributed by atoms with Gasteiger partial charge in [0, 0.05) is 18.8 Å². The number of aromatic amines is 1. The summed E-state index contributed by atoms with van der Waals surface area (Å²) in [5.41, 5.74) is -0.138. The van der Waals surface area contributed by atoms with Crippen LogP contribution < -0.4 is 10.6 Å². The van der Waals surface area contributed by atoms with E-state index in [0.29, 0.717) is 6.54 Å². The van der Waals surface area contributed by atoms with Crippen LogP contribution in [-0.4, -0.2) is 47.0 Å². The summed E-state index contributed by atoms with van der Waals surface area (Å²) in [6, 6.07) is 4.43. The standard InChI is InChI=1S/C20H19ClF3N5O/c21-13-9-11(3-4-14(13)22)26-19(30)12-10-15(23)16(24)18-17(12)27-20(28-18)25-5-8-29-6-1-2-7-29/h3-4,9-10H,1-2,5-8H2,(H,26,30)(H2,25,27,28). The van der Waals surface area contributed by atoms with Gasteiger partial charge in [-0.15, -0.1) is 0 Å². The lowest BCUT2D eigenvalue weighted by atomic mass is 10.1. The van der Waals surface area contributed by atoms with Crippen molar-refractivity contribution in [2.75, 3.05) is 36.8 Å². The normalized spacial score (nSPS) is 14.4. The minimum atomic E-state index is -1.19. The number of anilines is 2. The van der Waals surface area contributed by atoms with E-state index in [9.17, 15) is 18.0 Å². The quantitative estimate of drug-likeness (QED) is 0.534. The van der Waals surface area contributed by atoms with E-state index in [1.54, 1.807) is 0 Å². The third-order valence-electron chi connectivity index (χ3n) is 5.00. The molecule has 158 valence electrons. The maximum absolute atomic E-state index is 14.3. The molecule has 3 N–H and O–H groups in total. The van der Waals surface area contributed by atoms with Gasteiger partial charge in [0.1, 0.15) is 11.3 Å². The predicted molar refractivity (Wildman–Crippen MR) is 110 cm³/mol. The molecule has 1 aliphatic heterocycles. The molecule has 1 fully saturated rings. The number of nitrogens with one attached hydrogen (secondary N) is 3. The van der Waals surface area contributed by atoms with Crippen molar-refractivity contribution in [1.29, 1.82) is 0 Å². The van der Waals surface area contributed by atoms with Crippen LogP contribution in [0.4, 0.5) is 24.8 Å². The Morgan fingerprint density at radius 3 is 2.67 bits per heavy atom. The summed E-state index contributed by atoms with van der Waals surface area (Å²) in [5, 5.41) is 5.38. The fourth-order valence-corrected chi connectivity index (χ4v) is 3.66. The highest BCUT2D eigenvalue weighted by Gasteiger charge is 2.21. The Balaban J connectivity index is 1.57. The van der Waals surface area contributed by atoms with Crippen LogP contribution in [0.15, 0.2) is 24.3 Å². The van der Waals surface area contributed by atoms with Crippen molar-refractivity contribution in [3.8, 4) is 0 Å². The van der Waals surface area contributed by atoms with Crippen molar-refractivity contribution < 1.29 is 18.0 Å². The molecule has 0 unspecified atom stereocenters. The third-order valence-corrected chi connectivity index (χ3v) is 5.29. The van der Waals surface area contributed by atoms with Crippen LogP contribution in [0.25, 0.3) is 11.0 Å². The zero-order chi connectivity index (χ0) is 21.3. The summed E-state index contributed by atoms with van der Waals surface area (Å²) >= 11 is 5.72. The monoisotopic (exact) mass is 437 g/mol. The molecule has 1 aliphatic rings. The molecule has 6 nitrogen and oxygen atoms in total. The number of carbonyl (C=O) groups excluding carboxylic acids is 1. The van der Waals surface area contributed by atoms with E-state index in [1.165, 1.54) is 25.0 Å². The number of rotatable bonds is 6. The molecule has 2 aromatic carbocycles. The van der Waals surface area contributed by atoms with E-state index in [4.69, 9.17) is 11.6 Å². The average Bonchev–Trinajstić information content (AvgIpc) is 3.38. The molecule has 0 atom stereocenters. The van der Waals surface area contributed by atoms with Crippen LogP contribution in [0.5, 0.6) is 0 Å². The second-order valence-corrected chi connectivity index (χ2v) is 7.49. The van der Waals surface area contributed by atoms with Crippen LogP contribution in [0.3, 0.4) is 0 Å². The Morgan fingerprint density at radius 1 is 1.17 bits per heavy atom. The minimum Gasteiger partial charge on any atom is -0.355 e. The third kappa shape index (κ3) is 4.22. The molecule has 0 radical (unpaired) electrons. The fourth-order valence-electron chi connectivity index (χ4n) is 3.48. The molecule has 3 aromatic rings. The SMILES string of the molecule is O=C(Nc1ccc(F)c(Cl)c1)c1cc(F)c(F)c2nc(NCCN3CCCC3)[nH]c12. The molecule has 0 bridgehead atoms. The highest BCUT2D eigenvalue weighted by Crippen LogP contribution is 2.26. The highest BCUT2D eigenvalue weighted by atomic mass is 35.5. The summed E-state index contributed by atoms with van der Waals surface area (Å²) in [4.78, 5) is 21.9. The van der Waals surface area contributed by atoms with E-state index in [1.807, 2.05) is 0 Å². The summed E-state index contributed by atoms with van der Waals surface area (Å²) < 4.78 is 41.7. The second kappa shape index (κ2) is 8.53. The number of carbonyl (C=O) groups is 1. The number of imidazole rings is 1. The van der Waals surface area contributed by atoms with E-state index in [0.717, 1.165) is 31.8 Å². The fraction of sp³-hybridized carbons (Fsp3) is 0.300. The van der Waals surface area contributed by atoms with E-state index >= 15 is 0 Å². The first-order chi connectivity index (χ1) is 14.4. The molecule has 10 heteroatoms. The van der Waals surface area contributed by atoms with Gasteiger partial charge in [-0.1, -0.05) is 11.6 Å². The number of hydrogen-bond acceptors (Lipinski definition) is 4. The zero-order valence-electron chi connectivity index (χ0n) is 15.9. The van der Waals surface area contributed by atoms with Crippen molar-refractivity contribution in [2.45, 2.75) is 12.8 Å². The van der Waals surface area contributed by atoms with Crippen LogP contribution in [0.1, 0.15) is 23.2 Å². The zero-order valence-corrected chi connectivity index (χ0v) is 16.6. The maximum atomic E-state index is 14.3. The van der Waals surface area contributed by atoms with Crippen molar-refractivity contribution in [1.82, 2.24) is 14.9 Å². The molecule has 30 heavy (non-hydrogen) atoms. The van der Waals surface area contributed by atoms with Gasteiger partial charge >= 0.3 is 0 Å². The highest BCUT2D eigenvalue weighted by molar-refractivity contribution is 6.31. The molecule has 0 aliphatic carbocycles. The summed E-state index contributed by atoms with van der Waals surface area (Å²) in [5.74, 6) is -3.44. The van der Waals surface area contributed by atoms with E-state index in [-0.39, 0.29) is 33.3 Å². The summed E-state index contributed by atoms with van der Waals surface area (Å²) in [7, 11) is 0. The van der Waals surface area contributed by atoms with Gasteiger partial charge in [-0.25, -0.2) is 18.2 Å². The molecular formula is C20H19ClF3N5O. The lowest BCUT2D eigenvalue weighted by Crippen LogP contribution is -2.26. The number of hydrogen-bond donors (Lipinski definition) is 3. The predicted octanol–water partition coefficient (Wildman–Crippen LogP) is 4.39. The number of fused-ring (bicyclic) bond motifs is 1. The number of H-pyrrole nitrogens is 1. The minimum absolute atomic E-state index is 0.0586. The van der Waals surface area contributed by atoms with Gasteiger partial charge in [-0.2, -0.15) is 0 Å². The molecule has 1 aromatic heterocycles. The lowest BCUT2D eigenvalue weighted by Gasteiger charge is -2.14. The number of benzene rings is 2.